The Morgan fingerprint density at radius 3 is 1.66 bits per heavy atom. The van der Waals surface area contributed by atoms with Crippen molar-refractivity contribution < 1.29 is 4.42 Å². The Hall–Kier alpha value is -9.84. The summed E-state index contributed by atoms with van der Waals surface area (Å²) in [6.45, 7) is 0. The standard InChI is InChI=1S/C68H40N4O/c1-3-18-42(19-4-1)65-67-66(53-28-14-16-30-62(53)73-67)70-68(69-65)57-40-46(39-55-50-25-10-9-23-48(50)49-24-11-12-27-52(49)63(55)57)72-60-35-33-44(38-56(60)64-47-22-8-7-17-41(47)31-36-61(64)72)43-32-34-59-54(37-43)51-26-13-15-29-58(51)71(59)45-20-5-2-6-21-45/h1-40H. The van der Waals surface area contributed by atoms with E-state index in [0.29, 0.717) is 11.4 Å². The minimum Gasteiger partial charge on any atom is -0.452 e. The molecule has 338 valence electrons. The molecular formula is C68H40N4O. The Morgan fingerprint density at radius 2 is 0.877 bits per heavy atom. The minimum atomic E-state index is 0.641. The van der Waals surface area contributed by atoms with Crippen molar-refractivity contribution in [2.45, 2.75) is 0 Å². The summed E-state index contributed by atoms with van der Waals surface area (Å²) >= 11 is 0. The maximum absolute atomic E-state index is 6.63. The van der Waals surface area contributed by atoms with Gasteiger partial charge in [-0.15, -0.1) is 0 Å². The lowest BCUT2D eigenvalue weighted by atomic mass is 9.90. The topological polar surface area (TPSA) is 48.8 Å². The fourth-order valence-electron chi connectivity index (χ4n) is 12.1. The fourth-order valence-corrected chi connectivity index (χ4v) is 12.1. The number of benzene rings is 12. The first-order valence-electron chi connectivity index (χ1n) is 24.9. The second kappa shape index (κ2) is 15.3. The maximum Gasteiger partial charge on any atom is 0.180 e. The second-order valence-electron chi connectivity index (χ2n) is 19.2. The van der Waals surface area contributed by atoms with Gasteiger partial charge in [0.15, 0.2) is 11.4 Å². The van der Waals surface area contributed by atoms with Gasteiger partial charge in [-0.05, 0) is 122 Å². The van der Waals surface area contributed by atoms with Gasteiger partial charge in [0.25, 0.3) is 0 Å². The molecule has 0 fully saturated rings. The molecule has 5 nitrogen and oxygen atoms in total. The van der Waals surface area contributed by atoms with Crippen molar-refractivity contribution in [3.63, 3.8) is 0 Å². The molecule has 5 heteroatoms. The number of para-hydroxylation sites is 3. The number of nitrogens with zero attached hydrogens (tertiary/aromatic N) is 4. The first-order chi connectivity index (χ1) is 36.2. The van der Waals surface area contributed by atoms with Crippen molar-refractivity contribution in [1.82, 2.24) is 19.1 Å². The van der Waals surface area contributed by atoms with E-state index in [1.807, 2.05) is 18.2 Å². The molecule has 0 saturated heterocycles. The third-order valence-corrected chi connectivity index (χ3v) is 15.3. The molecular weight excluding hydrogens is 889 g/mol. The molecule has 12 aromatic carbocycles. The van der Waals surface area contributed by atoms with Crippen molar-refractivity contribution in [2.24, 2.45) is 0 Å². The maximum atomic E-state index is 6.63. The van der Waals surface area contributed by atoms with Crippen LogP contribution in [0.4, 0.5) is 0 Å². The molecule has 0 N–H and O–H groups in total. The van der Waals surface area contributed by atoms with Crippen LogP contribution in [-0.4, -0.2) is 19.1 Å². The highest BCUT2D eigenvalue weighted by Crippen LogP contribution is 2.46. The number of fused-ring (bicyclic) bond motifs is 17. The Kier molecular flexibility index (Phi) is 8.39. The van der Waals surface area contributed by atoms with E-state index in [1.165, 1.54) is 65.1 Å². The predicted molar refractivity (Wildman–Crippen MR) is 304 cm³/mol. The zero-order valence-electron chi connectivity index (χ0n) is 39.3. The molecule has 0 spiro atoms. The van der Waals surface area contributed by atoms with E-state index < -0.39 is 0 Å². The van der Waals surface area contributed by atoms with Crippen LogP contribution in [-0.2, 0) is 0 Å². The summed E-state index contributed by atoms with van der Waals surface area (Å²) < 4.78 is 11.5. The van der Waals surface area contributed by atoms with Crippen LogP contribution in [0.3, 0.4) is 0 Å². The molecule has 0 amide bonds. The Balaban J connectivity index is 1.000. The highest BCUT2D eigenvalue weighted by Gasteiger charge is 2.24. The van der Waals surface area contributed by atoms with Gasteiger partial charge in [-0.1, -0.05) is 170 Å². The van der Waals surface area contributed by atoms with Crippen molar-refractivity contribution in [3.05, 3.63) is 243 Å². The normalized spacial score (nSPS) is 12.1. The Bertz CT molecular complexity index is 4970. The minimum absolute atomic E-state index is 0.641. The second-order valence-corrected chi connectivity index (χ2v) is 19.2. The lowest BCUT2D eigenvalue weighted by molar-refractivity contribution is 0.667. The van der Waals surface area contributed by atoms with Crippen LogP contribution in [0.15, 0.2) is 247 Å². The SMILES string of the molecule is c1ccc(-c2nc(-c3cc(-n4c5ccc(-c6ccc7c(c6)c6ccccc6n7-c6ccccc6)cc5c5c6ccccc6ccc54)cc4c5ccccc5c5ccccc5c34)nc3c2oc2ccccc23)cc1. The van der Waals surface area contributed by atoms with E-state index in [4.69, 9.17) is 14.4 Å². The molecule has 4 heterocycles. The van der Waals surface area contributed by atoms with E-state index in [-0.39, 0.29) is 0 Å². The number of hydrogen-bond donors (Lipinski definition) is 0. The summed E-state index contributed by atoms with van der Waals surface area (Å²) in [6, 6.07) is 87.6. The van der Waals surface area contributed by atoms with E-state index >= 15 is 0 Å². The van der Waals surface area contributed by atoms with Gasteiger partial charge < -0.3 is 13.6 Å². The summed E-state index contributed by atoms with van der Waals surface area (Å²) in [5.41, 5.74) is 14.1. The molecule has 0 radical (unpaired) electrons. The third kappa shape index (κ3) is 5.85. The van der Waals surface area contributed by atoms with Crippen LogP contribution in [0.1, 0.15) is 0 Å². The van der Waals surface area contributed by atoms with Crippen molar-refractivity contribution in [3.8, 4) is 45.1 Å². The van der Waals surface area contributed by atoms with Gasteiger partial charge in [0, 0.05) is 54.8 Å². The van der Waals surface area contributed by atoms with Gasteiger partial charge in [0.1, 0.15) is 16.8 Å². The quantitative estimate of drug-likeness (QED) is 0.162. The molecule has 4 aromatic heterocycles. The molecule has 0 atom stereocenters. The Morgan fingerprint density at radius 1 is 0.315 bits per heavy atom. The van der Waals surface area contributed by atoms with E-state index in [1.54, 1.807) is 0 Å². The van der Waals surface area contributed by atoms with Gasteiger partial charge >= 0.3 is 0 Å². The summed E-state index contributed by atoms with van der Waals surface area (Å²) in [4.78, 5) is 11.1. The van der Waals surface area contributed by atoms with Crippen molar-refractivity contribution in [1.29, 1.82) is 0 Å². The van der Waals surface area contributed by atoms with E-state index in [2.05, 4.69) is 234 Å². The van der Waals surface area contributed by atoms with Gasteiger partial charge in [-0.25, -0.2) is 9.97 Å². The average molecular weight is 929 g/mol. The zero-order valence-corrected chi connectivity index (χ0v) is 39.3. The summed E-state index contributed by atoms with van der Waals surface area (Å²) in [5.74, 6) is 0.641. The molecule has 73 heavy (non-hydrogen) atoms. The first-order valence-corrected chi connectivity index (χ1v) is 24.9. The van der Waals surface area contributed by atoms with Crippen LogP contribution in [0.5, 0.6) is 0 Å². The highest BCUT2D eigenvalue weighted by atomic mass is 16.3. The number of aromatic nitrogens is 4. The van der Waals surface area contributed by atoms with Gasteiger partial charge in [-0.2, -0.15) is 0 Å². The first kappa shape index (κ1) is 39.9. The van der Waals surface area contributed by atoms with Crippen molar-refractivity contribution >= 4 is 109 Å². The van der Waals surface area contributed by atoms with Crippen LogP contribution < -0.4 is 0 Å². The van der Waals surface area contributed by atoms with Crippen LogP contribution in [0.2, 0.25) is 0 Å². The van der Waals surface area contributed by atoms with Gasteiger partial charge in [0.05, 0.1) is 22.1 Å². The lowest BCUT2D eigenvalue weighted by Gasteiger charge is -2.18. The highest BCUT2D eigenvalue weighted by molar-refractivity contribution is 6.29. The summed E-state index contributed by atoms with van der Waals surface area (Å²) in [7, 11) is 0. The number of rotatable bonds is 5. The number of furan rings is 1. The van der Waals surface area contributed by atoms with Crippen LogP contribution >= 0.6 is 0 Å². The van der Waals surface area contributed by atoms with Crippen LogP contribution in [0, 0.1) is 0 Å². The molecule has 0 aliphatic rings. The fraction of sp³-hybridized carbons (Fsp3) is 0. The molecule has 0 unspecified atom stereocenters. The Labute approximate surface area is 418 Å². The van der Waals surface area contributed by atoms with Crippen LogP contribution in [0.25, 0.3) is 154 Å². The smallest absolute Gasteiger partial charge is 0.180 e. The van der Waals surface area contributed by atoms with Crippen molar-refractivity contribution in [2.75, 3.05) is 0 Å². The zero-order chi connectivity index (χ0) is 47.7. The summed E-state index contributed by atoms with van der Waals surface area (Å²) in [5, 5.41) is 15.2. The van der Waals surface area contributed by atoms with Gasteiger partial charge in [0.2, 0.25) is 0 Å². The van der Waals surface area contributed by atoms with E-state index in [9.17, 15) is 0 Å². The molecule has 0 aliphatic heterocycles. The lowest BCUT2D eigenvalue weighted by Crippen LogP contribution is -1.99. The third-order valence-electron chi connectivity index (χ3n) is 15.3. The van der Waals surface area contributed by atoms with E-state index in [0.717, 1.165) is 77.4 Å². The molecule has 16 aromatic rings. The predicted octanol–water partition coefficient (Wildman–Crippen LogP) is 18.2. The monoisotopic (exact) mass is 928 g/mol. The summed E-state index contributed by atoms with van der Waals surface area (Å²) in [6.07, 6.45) is 0. The largest absolute Gasteiger partial charge is 0.452 e. The molecule has 0 saturated carbocycles. The van der Waals surface area contributed by atoms with Gasteiger partial charge in [-0.3, -0.25) is 0 Å². The molecule has 0 bridgehead atoms. The molecule has 16 rings (SSSR count). The molecule has 0 aliphatic carbocycles. The number of hydrogen-bond acceptors (Lipinski definition) is 3. The average Bonchev–Trinajstić information content (AvgIpc) is 4.12.